The van der Waals surface area contributed by atoms with Gasteiger partial charge in [-0.1, -0.05) is 23.4 Å². The fourth-order valence-corrected chi connectivity index (χ4v) is 3.15. The predicted octanol–water partition coefficient (Wildman–Crippen LogP) is 3.38. The summed E-state index contributed by atoms with van der Waals surface area (Å²) in [6.07, 6.45) is 3.88. The first kappa shape index (κ1) is 17.4. The van der Waals surface area contributed by atoms with Crippen LogP contribution in [-0.4, -0.2) is 39.2 Å². The van der Waals surface area contributed by atoms with E-state index < -0.39 is 0 Å². The summed E-state index contributed by atoms with van der Waals surface area (Å²) in [7, 11) is 1.71. The normalized spacial score (nSPS) is 11.7. The lowest BCUT2D eigenvalue weighted by molar-refractivity contribution is -0.128. The average molecular weight is 349 g/mol. The number of nitrogens with zero attached hydrogens (tertiary/aromatic N) is 4. The molecule has 23 heavy (non-hydrogen) atoms. The van der Waals surface area contributed by atoms with Crippen LogP contribution in [0.25, 0.3) is 5.69 Å². The minimum absolute atomic E-state index is 0.0177. The second-order valence-electron chi connectivity index (χ2n) is 4.98. The molecule has 0 aliphatic heterocycles. The number of halogens is 1. The number of nitriles is 1. The summed E-state index contributed by atoms with van der Waals surface area (Å²) >= 11 is 7.30. The van der Waals surface area contributed by atoms with Gasteiger partial charge in [0.05, 0.1) is 17.7 Å². The van der Waals surface area contributed by atoms with Crippen LogP contribution in [0.4, 0.5) is 0 Å². The van der Waals surface area contributed by atoms with Gasteiger partial charge in [0.1, 0.15) is 0 Å². The van der Waals surface area contributed by atoms with E-state index in [0.29, 0.717) is 18.0 Å². The van der Waals surface area contributed by atoms with Gasteiger partial charge in [-0.25, -0.2) is 4.98 Å². The Labute approximate surface area is 144 Å². The van der Waals surface area contributed by atoms with Crippen LogP contribution in [0.15, 0.2) is 41.8 Å². The maximum Gasteiger partial charge on any atom is 0.235 e. The molecule has 0 bridgehead atoms. The Hall–Kier alpha value is -1.97. The molecule has 0 spiro atoms. The predicted molar refractivity (Wildman–Crippen MR) is 91.8 cm³/mol. The van der Waals surface area contributed by atoms with Gasteiger partial charge >= 0.3 is 0 Å². The van der Waals surface area contributed by atoms with Crippen molar-refractivity contribution in [2.75, 3.05) is 13.6 Å². The van der Waals surface area contributed by atoms with E-state index in [0.717, 1.165) is 10.8 Å². The number of amides is 1. The first-order chi connectivity index (χ1) is 11.0. The smallest absolute Gasteiger partial charge is 0.235 e. The topological polar surface area (TPSA) is 61.9 Å². The van der Waals surface area contributed by atoms with Crippen molar-refractivity contribution in [3.8, 4) is 11.8 Å². The van der Waals surface area contributed by atoms with Crippen LogP contribution >= 0.6 is 23.4 Å². The standard InChI is InChI=1S/C16H17ClN4OS/c1-12(15(22)20(2)10-3-8-18)23-16-19-9-11-21(16)14-6-4-13(17)5-7-14/h4-7,9,11-12H,3,10H2,1-2H3/t12-/m0/s1. The van der Waals surface area contributed by atoms with Gasteiger partial charge in [-0.3, -0.25) is 9.36 Å². The van der Waals surface area contributed by atoms with E-state index in [1.165, 1.54) is 11.8 Å². The van der Waals surface area contributed by atoms with Gasteiger partial charge in [0.25, 0.3) is 0 Å². The highest BCUT2D eigenvalue weighted by Crippen LogP contribution is 2.26. The Morgan fingerprint density at radius 3 is 2.83 bits per heavy atom. The van der Waals surface area contributed by atoms with Crippen molar-refractivity contribution in [3.63, 3.8) is 0 Å². The first-order valence-electron chi connectivity index (χ1n) is 7.11. The summed E-state index contributed by atoms with van der Waals surface area (Å²) in [6.45, 7) is 2.28. The van der Waals surface area contributed by atoms with Gasteiger partial charge in [-0.15, -0.1) is 0 Å². The Morgan fingerprint density at radius 1 is 1.48 bits per heavy atom. The third-order valence-corrected chi connectivity index (χ3v) is 4.60. The second-order valence-corrected chi connectivity index (χ2v) is 6.73. The average Bonchev–Trinajstić information content (AvgIpc) is 3.00. The molecule has 2 rings (SSSR count). The van der Waals surface area contributed by atoms with E-state index in [1.807, 2.05) is 48.0 Å². The molecule has 0 fully saturated rings. The number of rotatable bonds is 6. The molecule has 1 heterocycles. The van der Waals surface area contributed by atoms with Crippen LogP contribution < -0.4 is 0 Å². The molecule has 0 radical (unpaired) electrons. The van der Waals surface area contributed by atoms with Gasteiger partial charge in [0, 0.05) is 36.7 Å². The summed E-state index contributed by atoms with van der Waals surface area (Å²) in [5, 5.41) is 9.73. The molecule has 5 nitrogen and oxygen atoms in total. The molecule has 7 heteroatoms. The number of imidazole rings is 1. The SMILES string of the molecule is C[C@H](Sc1nccn1-c1ccc(Cl)cc1)C(=O)N(C)CCC#N. The number of hydrogen-bond acceptors (Lipinski definition) is 4. The minimum atomic E-state index is -0.285. The van der Waals surface area contributed by atoms with Crippen molar-refractivity contribution in [1.82, 2.24) is 14.5 Å². The van der Waals surface area contributed by atoms with Crippen LogP contribution in [-0.2, 0) is 4.79 Å². The summed E-state index contributed by atoms with van der Waals surface area (Å²) < 4.78 is 1.92. The lowest BCUT2D eigenvalue weighted by Gasteiger charge is -2.20. The molecule has 0 aliphatic carbocycles. The third kappa shape index (κ3) is 4.50. The third-order valence-electron chi connectivity index (χ3n) is 3.28. The molecule has 0 saturated heterocycles. The maximum atomic E-state index is 12.3. The van der Waals surface area contributed by atoms with Crippen molar-refractivity contribution < 1.29 is 4.79 Å². The van der Waals surface area contributed by atoms with Gasteiger partial charge in [-0.2, -0.15) is 5.26 Å². The maximum absolute atomic E-state index is 12.3. The summed E-state index contributed by atoms with van der Waals surface area (Å²) in [4.78, 5) is 18.2. The summed E-state index contributed by atoms with van der Waals surface area (Å²) in [5.41, 5.74) is 0.937. The fourth-order valence-electron chi connectivity index (χ4n) is 2.02. The van der Waals surface area contributed by atoms with Crippen molar-refractivity contribution in [3.05, 3.63) is 41.7 Å². The zero-order valence-corrected chi connectivity index (χ0v) is 14.5. The lowest BCUT2D eigenvalue weighted by Crippen LogP contribution is -2.34. The van der Waals surface area contributed by atoms with Crippen LogP contribution in [0, 0.1) is 11.3 Å². The van der Waals surface area contributed by atoms with Gasteiger partial charge < -0.3 is 4.90 Å². The Kier molecular flexibility index (Phi) is 6.08. The number of carbonyl (C=O) groups is 1. The number of thioether (sulfide) groups is 1. The quantitative estimate of drug-likeness (QED) is 0.751. The van der Waals surface area contributed by atoms with Crippen LogP contribution in [0.2, 0.25) is 5.02 Å². The molecule has 120 valence electrons. The van der Waals surface area contributed by atoms with Crippen molar-refractivity contribution in [2.24, 2.45) is 0 Å². The van der Waals surface area contributed by atoms with Crippen LogP contribution in [0.1, 0.15) is 13.3 Å². The van der Waals surface area contributed by atoms with Crippen molar-refractivity contribution >= 4 is 29.3 Å². The highest BCUT2D eigenvalue weighted by molar-refractivity contribution is 8.00. The van der Waals surface area contributed by atoms with E-state index in [9.17, 15) is 4.79 Å². The van der Waals surface area contributed by atoms with Gasteiger partial charge in [0.15, 0.2) is 5.16 Å². The molecule has 2 aromatic rings. The van der Waals surface area contributed by atoms with Gasteiger partial charge in [-0.05, 0) is 31.2 Å². The van der Waals surface area contributed by atoms with E-state index in [1.54, 1.807) is 18.1 Å². The van der Waals surface area contributed by atoms with E-state index >= 15 is 0 Å². The molecule has 0 N–H and O–H groups in total. The molecule has 1 atom stereocenters. The van der Waals surface area contributed by atoms with Crippen LogP contribution in [0.5, 0.6) is 0 Å². The van der Waals surface area contributed by atoms with Gasteiger partial charge in [0.2, 0.25) is 5.91 Å². The largest absolute Gasteiger partial charge is 0.344 e. The Bertz CT molecular complexity index is 708. The number of aromatic nitrogens is 2. The summed E-state index contributed by atoms with van der Waals surface area (Å²) in [6, 6.07) is 9.48. The zero-order chi connectivity index (χ0) is 16.8. The molecule has 1 aromatic heterocycles. The highest BCUT2D eigenvalue weighted by Gasteiger charge is 2.20. The fraction of sp³-hybridized carbons (Fsp3) is 0.312. The monoisotopic (exact) mass is 348 g/mol. The second kappa shape index (κ2) is 8.04. The molecule has 1 amide bonds. The first-order valence-corrected chi connectivity index (χ1v) is 8.36. The van der Waals surface area contributed by atoms with Crippen LogP contribution in [0.3, 0.4) is 0 Å². The summed E-state index contributed by atoms with van der Waals surface area (Å²) in [5.74, 6) is -0.0177. The number of carbonyl (C=O) groups excluding carboxylic acids is 1. The van der Waals surface area contributed by atoms with E-state index in [2.05, 4.69) is 4.98 Å². The molecular formula is C16H17ClN4OS. The molecule has 0 saturated carbocycles. The molecule has 1 aromatic carbocycles. The Balaban J connectivity index is 2.09. The lowest BCUT2D eigenvalue weighted by atomic mass is 10.3. The number of hydrogen-bond donors (Lipinski definition) is 0. The zero-order valence-electron chi connectivity index (χ0n) is 12.9. The number of benzene rings is 1. The van der Waals surface area contributed by atoms with E-state index in [4.69, 9.17) is 16.9 Å². The van der Waals surface area contributed by atoms with Crippen molar-refractivity contribution in [2.45, 2.75) is 23.8 Å². The molecule has 0 unspecified atom stereocenters. The van der Waals surface area contributed by atoms with E-state index in [-0.39, 0.29) is 11.2 Å². The molecular weight excluding hydrogens is 332 g/mol. The minimum Gasteiger partial charge on any atom is -0.344 e. The molecule has 0 aliphatic rings. The Morgan fingerprint density at radius 2 is 2.17 bits per heavy atom. The van der Waals surface area contributed by atoms with Crippen molar-refractivity contribution in [1.29, 1.82) is 5.26 Å². The highest BCUT2D eigenvalue weighted by atomic mass is 35.5.